The first-order valence-electron chi connectivity index (χ1n) is 12.5. The van der Waals surface area contributed by atoms with E-state index in [0.29, 0.717) is 22.1 Å². The van der Waals surface area contributed by atoms with E-state index in [1.807, 2.05) is 0 Å². The zero-order valence-corrected chi connectivity index (χ0v) is 21.6. The molecule has 212 valence electrons. The molecule has 3 aromatic carbocycles. The van der Waals surface area contributed by atoms with Crippen LogP contribution in [-0.4, -0.2) is 62.7 Å². The molecule has 1 saturated heterocycles. The lowest BCUT2D eigenvalue weighted by Gasteiger charge is -2.36. The summed E-state index contributed by atoms with van der Waals surface area (Å²) in [6.45, 7) is 1.41. The number of carbonyl (C=O) groups is 1. The fourth-order valence-corrected chi connectivity index (χ4v) is 4.40. The number of benzene rings is 3. The number of fused-ring (bicyclic) bond motifs is 1. The molecule has 11 heteroatoms. The fraction of sp³-hybridized carbons (Fsp3) is 0.200. The number of esters is 1. The van der Waals surface area contributed by atoms with Crippen LogP contribution < -0.4 is 10.2 Å². The van der Waals surface area contributed by atoms with E-state index in [1.165, 1.54) is 48.5 Å². The summed E-state index contributed by atoms with van der Waals surface area (Å²) in [6.07, 6.45) is -3.24. The number of aliphatic hydroxyl groups excluding tert-OH is 2. The van der Waals surface area contributed by atoms with Crippen LogP contribution in [0.2, 0.25) is 0 Å². The predicted molar refractivity (Wildman–Crippen MR) is 145 cm³/mol. The van der Waals surface area contributed by atoms with E-state index in [0.717, 1.165) is 6.08 Å². The Kier molecular flexibility index (Phi) is 7.66. The van der Waals surface area contributed by atoms with Crippen molar-refractivity contribution in [3.8, 4) is 34.3 Å². The number of hydrogen-bond acceptors (Lipinski definition) is 11. The normalized spacial score (nSPS) is 20.8. The van der Waals surface area contributed by atoms with E-state index in [-0.39, 0.29) is 46.4 Å². The van der Waals surface area contributed by atoms with Gasteiger partial charge in [-0.15, -0.1) is 0 Å². The van der Waals surface area contributed by atoms with Crippen LogP contribution in [-0.2, 0) is 14.3 Å². The summed E-state index contributed by atoms with van der Waals surface area (Å²) >= 11 is 0. The molecule has 0 amide bonds. The average molecular weight is 563 g/mol. The van der Waals surface area contributed by atoms with Gasteiger partial charge in [-0.1, -0.05) is 6.07 Å². The summed E-state index contributed by atoms with van der Waals surface area (Å²) in [5, 5.41) is 50.0. The molecule has 0 bridgehead atoms. The molecule has 5 rings (SSSR count). The standard InChI is InChI=1S/C30H26O11/c1-15-10-19(12-24-27(15)22(34)13-23(40-24)17-4-6-18(31)7-5-17)39-30-29(37)28(36)25(14-38-30)41-26(35)9-3-16-2-8-20(32)21(33)11-16/h2-13,25,28-33,36-37H,14H2,1H3/b9-3+. The second-order valence-corrected chi connectivity index (χ2v) is 9.49. The number of ether oxygens (including phenoxy) is 3. The van der Waals surface area contributed by atoms with Crippen molar-refractivity contribution < 1.29 is 49.0 Å². The molecule has 4 aromatic rings. The Bertz CT molecular complexity index is 1670. The highest BCUT2D eigenvalue weighted by molar-refractivity contribution is 5.87. The first-order valence-corrected chi connectivity index (χ1v) is 12.5. The monoisotopic (exact) mass is 562 g/mol. The zero-order valence-electron chi connectivity index (χ0n) is 21.6. The number of aliphatic hydroxyl groups is 2. The number of aryl methyl sites for hydroxylation is 1. The van der Waals surface area contributed by atoms with Crippen molar-refractivity contribution in [3.63, 3.8) is 0 Å². The molecule has 0 aliphatic carbocycles. The summed E-state index contributed by atoms with van der Waals surface area (Å²) in [5.41, 5.74) is 1.50. The minimum Gasteiger partial charge on any atom is -0.508 e. The third kappa shape index (κ3) is 6.02. The van der Waals surface area contributed by atoms with Crippen LogP contribution in [0, 0.1) is 6.92 Å². The van der Waals surface area contributed by atoms with Crippen molar-refractivity contribution in [2.24, 2.45) is 0 Å². The molecular formula is C30H26O11. The van der Waals surface area contributed by atoms with Gasteiger partial charge in [-0.2, -0.15) is 0 Å². The lowest BCUT2D eigenvalue weighted by Crippen LogP contribution is -2.56. The van der Waals surface area contributed by atoms with Gasteiger partial charge in [0.1, 0.15) is 35.1 Å². The Hall–Kier alpha value is -4.84. The first-order chi connectivity index (χ1) is 19.6. The predicted octanol–water partition coefficient (Wildman–Crippen LogP) is 2.97. The van der Waals surface area contributed by atoms with Gasteiger partial charge in [0.25, 0.3) is 0 Å². The Morgan fingerprint density at radius 3 is 2.44 bits per heavy atom. The minimum atomic E-state index is -1.59. The maximum Gasteiger partial charge on any atom is 0.331 e. The van der Waals surface area contributed by atoms with Gasteiger partial charge in [0.05, 0.1) is 12.0 Å². The first kappa shape index (κ1) is 27.7. The van der Waals surface area contributed by atoms with E-state index in [9.17, 15) is 35.1 Å². The van der Waals surface area contributed by atoms with Crippen LogP contribution >= 0.6 is 0 Å². The lowest BCUT2D eigenvalue weighted by atomic mass is 10.0. The second kappa shape index (κ2) is 11.3. The van der Waals surface area contributed by atoms with E-state index in [4.69, 9.17) is 18.6 Å². The molecule has 1 fully saturated rings. The van der Waals surface area contributed by atoms with Gasteiger partial charge in [0.15, 0.2) is 23.0 Å². The highest BCUT2D eigenvalue weighted by atomic mass is 16.7. The lowest BCUT2D eigenvalue weighted by molar-refractivity contribution is -0.247. The van der Waals surface area contributed by atoms with E-state index in [1.54, 1.807) is 25.1 Å². The molecule has 1 aromatic heterocycles. The Labute approximate surface area is 232 Å². The number of phenolic OH excluding ortho intramolecular Hbond substituents is 3. The topological polar surface area (TPSA) is 176 Å². The third-order valence-electron chi connectivity index (χ3n) is 6.52. The summed E-state index contributed by atoms with van der Waals surface area (Å²) in [5.74, 6) is -0.939. The van der Waals surface area contributed by atoms with E-state index in [2.05, 4.69) is 0 Å². The van der Waals surface area contributed by atoms with Crippen LogP contribution in [0.1, 0.15) is 11.1 Å². The molecule has 41 heavy (non-hydrogen) atoms. The molecule has 4 unspecified atom stereocenters. The van der Waals surface area contributed by atoms with Gasteiger partial charge in [-0.05, 0) is 66.6 Å². The van der Waals surface area contributed by atoms with Gasteiger partial charge in [-0.3, -0.25) is 4.79 Å². The fourth-order valence-electron chi connectivity index (χ4n) is 4.40. The van der Waals surface area contributed by atoms with Crippen LogP contribution in [0.4, 0.5) is 0 Å². The molecular weight excluding hydrogens is 536 g/mol. The zero-order chi connectivity index (χ0) is 29.3. The van der Waals surface area contributed by atoms with Crippen molar-refractivity contribution in [2.75, 3.05) is 6.61 Å². The number of rotatable bonds is 6. The molecule has 0 spiro atoms. The van der Waals surface area contributed by atoms with Crippen molar-refractivity contribution in [1.82, 2.24) is 0 Å². The maximum atomic E-state index is 12.8. The van der Waals surface area contributed by atoms with Crippen LogP contribution in [0.3, 0.4) is 0 Å². The number of aromatic hydroxyl groups is 3. The van der Waals surface area contributed by atoms with Crippen LogP contribution in [0.5, 0.6) is 23.0 Å². The van der Waals surface area contributed by atoms with Crippen molar-refractivity contribution in [3.05, 3.63) is 88.1 Å². The molecule has 4 atom stereocenters. The molecule has 0 saturated carbocycles. The highest BCUT2D eigenvalue weighted by Crippen LogP contribution is 2.30. The van der Waals surface area contributed by atoms with Gasteiger partial charge in [0.2, 0.25) is 6.29 Å². The largest absolute Gasteiger partial charge is 0.508 e. The number of phenols is 3. The smallest absolute Gasteiger partial charge is 0.331 e. The van der Waals surface area contributed by atoms with Gasteiger partial charge >= 0.3 is 5.97 Å². The van der Waals surface area contributed by atoms with Gasteiger partial charge in [-0.25, -0.2) is 4.79 Å². The molecule has 11 nitrogen and oxygen atoms in total. The molecule has 1 aliphatic heterocycles. The van der Waals surface area contributed by atoms with Gasteiger partial charge in [0, 0.05) is 23.8 Å². The summed E-state index contributed by atoms with van der Waals surface area (Å²) in [7, 11) is 0. The Balaban J connectivity index is 1.28. The molecule has 5 N–H and O–H groups in total. The highest BCUT2D eigenvalue weighted by Gasteiger charge is 2.42. The SMILES string of the molecule is Cc1cc(OC2OCC(OC(=O)/C=C/c3ccc(O)c(O)c3)C(O)C2O)cc2oc(-c3ccc(O)cc3)cc(=O)c12. The Morgan fingerprint density at radius 2 is 1.71 bits per heavy atom. The molecule has 0 radical (unpaired) electrons. The van der Waals surface area contributed by atoms with Crippen LogP contribution in [0.25, 0.3) is 28.4 Å². The van der Waals surface area contributed by atoms with Gasteiger partial charge < -0.3 is 44.2 Å². The summed E-state index contributed by atoms with van der Waals surface area (Å²) in [4.78, 5) is 25.1. The maximum absolute atomic E-state index is 12.8. The van der Waals surface area contributed by atoms with Crippen molar-refractivity contribution >= 4 is 23.0 Å². The average Bonchev–Trinajstić information content (AvgIpc) is 2.93. The van der Waals surface area contributed by atoms with Crippen molar-refractivity contribution in [2.45, 2.75) is 31.5 Å². The quantitative estimate of drug-likeness (QED) is 0.133. The third-order valence-corrected chi connectivity index (χ3v) is 6.52. The van der Waals surface area contributed by atoms with E-state index < -0.39 is 30.6 Å². The van der Waals surface area contributed by atoms with Crippen molar-refractivity contribution in [1.29, 1.82) is 0 Å². The van der Waals surface area contributed by atoms with E-state index >= 15 is 0 Å². The summed E-state index contributed by atoms with van der Waals surface area (Å²) in [6, 6.07) is 14.5. The minimum absolute atomic E-state index is 0.0698. The number of hydrogen-bond donors (Lipinski definition) is 5. The molecule has 1 aliphatic rings. The number of carbonyl (C=O) groups excluding carboxylic acids is 1. The second-order valence-electron chi connectivity index (χ2n) is 9.49. The molecule has 2 heterocycles. The summed E-state index contributed by atoms with van der Waals surface area (Å²) < 4.78 is 22.5. The Morgan fingerprint density at radius 1 is 0.951 bits per heavy atom. The van der Waals surface area contributed by atoms with Crippen LogP contribution in [0.15, 0.2) is 76.0 Å².